The molecule has 1 N–H and O–H groups in total. The monoisotopic (exact) mass is 368 g/mol. The fourth-order valence-electron chi connectivity index (χ4n) is 2.61. The number of aryl methyl sites for hydroxylation is 1. The molecule has 0 bridgehead atoms. The molecule has 3 rings (SSSR count). The van der Waals surface area contributed by atoms with E-state index in [1.807, 2.05) is 0 Å². The predicted octanol–water partition coefficient (Wildman–Crippen LogP) is 1.90. The van der Waals surface area contributed by atoms with Gasteiger partial charge in [-0.2, -0.15) is 5.10 Å². The number of rotatable bonds is 5. The molecule has 2 heterocycles. The Bertz CT molecular complexity index is 1020. The molecule has 0 amide bonds. The Kier molecular flexibility index (Phi) is 4.67. The van der Waals surface area contributed by atoms with Crippen LogP contribution in [-0.2, 0) is 12.5 Å². The van der Waals surface area contributed by atoms with Crippen LogP contribution in [0.1, 0.15) is 11.3 Å². The Hall–Kier alpha value is -3.27. The minimum Gasteiger partial charge on any atom is -0.494 e. The van der Waals surface area contributed by atoms with Crippen molar-refractivity contribution in [3.8, 4) is 17.0 Å². The van der Waals surface area contributed by atoms with Crippen molar-refractivity contribution in [2.24, 2.45) is 7.05 Å². The summed E-state index contributed by atoms with van der Waals surface area (Å²) >= 11 is 0. The van der Waals surface area contributed by atoms with Crippen molar-refractivity contribution < 1.29 is 19.2 Å². The molecule has 27 heavy (non-hydrogen) atoms. The Labute approximate surface area is 154 Å². The number of aliphatic hydroxyl groups is 1. The number of hydrogen-bond donors (Lipinski definition) is 1. The molecule has 8 nitrogen and oxygen atoms in total. The number of aromatic nitrogens is 3. The van der Waals surface area contributed by atoms with Crippen molar-refractivity contribution in [3.05, 3.63) is 69.9 Å². The van der Waals surface area contributed by atoms with Gasteiger partial charge in [-0.25, -0.2) is 9.37 Å². The summed E-state index contributed by atoms with van der Waals surface area (Å²) in [6.45, 7) is 0. The van der Waals surface area contributed by atoms with Crippen LogP contribution in [0.2, 0.25) is 0 Å². The number of benzene rings is 1. The van der Waals surface area contributed by atoms with E-state index in [-0.39, 0.29) is 22.7 Å². The van der Waals surface area contributed by atoms with E-state index in [0.29, 0.717) is 5.56 Å². The minimum absolute atomic E-state index is 0.0400. The summed E-state index contributed by atoms with van der Waals surface area (Å²) in [5, 5.41) is 25.7. The lowest BCUT2D eigenvalue weighted by atomic mass is 9.74. The van der Waals surface area contributed by atoms with Crippen LogP contribution >= 0.6 is 0 Å². The van der Waals surface area contributed by atoms with E-state index in [4.69, 9.17) is 12.6 Å². The van der Waals surface area contributed by atoms with Crippen LogP contribution in [0.5, 0.6) is 5.75 Å². The van der Waals surface area contributed by atoms with Gasteiger partial charge in [-0.05, 0) is 18.2 Å². The van der Waals surface area contributed by atoms with Gasteiger partial charge in [0.1, 0.15) is 25.1 Å². The minimum atomic E-state index is -1.98. The highest BCUT2D eigenvalue weighted by Crippen LogP contribution is 2.34. The summed E-state index contributed by atoms with van der Waals surface area (Å²) in [6, 6.07) is 5.99. The van der Waals surface area contributed by atoms with E-state index in [1.165, 1.54) is 36.3 Å². The zero-order chi connectivity index (χ0) is 19.8. The van der Waals surface area contributed by atoms with E-state index in [2.05, 4.69) is 10.1 Å². The fourth-order valence-corrected chi connectivity index (χ4v) is 2.61. The van der Waals surface area contributed by atoms with Gasteiger partial charge in [-0.3, -0.25) is 14.8 Å². The van der Waals surface area contributed by atoms with Gasteiger partial charge in [0.25, 0.3) is 5.69 Å². The number of nitrogens with zero attached hydrogens (tertiary/aromatic N) is 4. The van der Waals surface area contributed by atoms with Gasteiger partial charge < -0.3 is 9.84 Å². The number of hydrogen-bond acceptors (Lipinski definition) is 6. The van der Waals surface area contributed by atoms with Crippen molar-refractivity contribution in [1.82, 2.24) is 14.8 Å². The lowest BCUT2D eigenvalue weighted by Gasteiger charge is -2.23. The second kappa shape index (κ2) is 6.80. The van der Waals surface area contributed by atoms with Gasteiger partial charge in [0.15, 0.2) is 0 Å². The normalized spacial score (nSPS) is 13.2. The first-order chi connectivity index (χ1) is 12.7. The maximum Gasteiger partial charge on any atom is 0.273 e. The molecule has 0 aliphatic carbocycles. The standard InChI is InChI=1S/C17H14BFN4O4/c1-22-9-11(8-20-22)17(18,24)15-4-3-14(27-2)16(21-15)10-5-12(19)7-13(6-10)23(25)26/h3-9,24H,1-2H3. The molecule has 1 aromatic carbocycles. The van der Waals surface area contributed by atoms with Gasteiger partial charge in [0, 0.05) is 30.4 Å². The molecule has 2 aromatic heterocycles. The maximum atomic E-state index is 13.9. The van der Waals surface area contributed by atoms with Crippen LogP contribution in [0, 0.1) is 15.9 Å². The third kappa shape index (κ3) is 3.51. The zero-order valence-electron chi connectivity index (χ0n) is 14.5. The summed E-state index contributed by atoms with van der Waals surface area (Å²) in [5.74, 6) is -0.565. The number of methoxy groups -OCH3 is 1. The molecule has 0 aliphatic heterocycles. The molecule has 136 valence electrons. The smallest absolute Gasteiger partial charge is 0.273 e. The van der Waals surface area contributed by atoms with E-state index in [0.717, 1.165) is 18.2 Å². The average molecular weight is 368 g/mol. The molecule has 1 unspecified atom stereocenters. The molecule has 3 aromatic rings. The number of nitro benzene ring substituents is 1. The van der Waals surface area contributed by atoms with Gasteiger partial charge in [0.05, 0.1) is 35.5 Å². The SMILES string of the molecule is [B]C(O)(c1cnn(C)c1)c1ccc(OC)c(-c2cc(F)cc([N+](=O)[O-])c2)n1. The molecular weight excluding hydrogens is 354 g/mol. The lowest BCUT2D eigenvalue weighted by molar-refractivity contribution is -0.385. The highest BCUT2D eigenvalue weighted by Gasteiger charge is 2.29. The first kappa shape index (κ1) is 18.5. The highest BCUT2D eigenvalue weighted by molar-refractivity contribution is 6.16. The first-order valence-corrected chi connectivity index (χ1v) is 7.73. The Balaban J connectivity index is 2.17. The second-order valence-corrected chi connectivity index (χ2v) is 5.87. The zero-order valence-corrected chi connectivity index (χ0v) is 14.5. The van der Waals surface area contributed by atoms with Crippen LogP contribution in [0.15, 0.2) is 42.7 Å². The van der Waals surface area contributed by atoms with Gasteiger partial charge in [-0.15, -0.1) is 0 Å². The summed E-state index contributed by atoms with van der Waals surface area (Å²) in [6.07, 6.45) is 2.91. The second-order valence-electron chi connectivity index (χ2n) is 5.87. The van der Waals surface area contributed by atoms with E-state index in [1.54, 1.807) is 7.05 Å². The summed E-state index contributed by atoms with van der Waals surface area (Å²) in [7, 11) is 9.08. The van der Waals surface area contributed by atoms with Crippen molar-refractivity contribution in [3.63, 3.8) is 0 Å². The lowest BCUT2D eigenvalue weighted by Crippen LogP contribution is -2.28. The number of halogens is 1. The third-order valence-electron chi connectivity index (χ3n) is 3.98. The van der Waals surface area contributed by atoms with Crippen LogP contribution < -0.4 is 4.74 Å². The highest BCUT2D eigenvalue weighted by atomic mass is 19.1. The van der Waals surface area contributed by atoms with E-state index >= 15 is 0 Å². The summed E-state index contributed by atoms with van der Waals surface area (Å²) < 4.78 is 20.5. The molecule has 0 aliphatic rings. The van der Waals surface area contributed by atoms with Crippen LogP contribution in [0.25, 0.3) is 11.3 Å². The third-order valence-corrected chi connectivity index (χ3v) is 3.98. The van der Waals surface area contributed by atoms with E-state index < -0.39 is 21.9 Å². The fraction of sp³-hybridized carbons (Fsp3) is 0.176. The van der Waals surface area contributed by atoms with Crippen molar-refractivity contribution in [2.45, 2.75) is 5.50 Å². The largest absolute Gasteiger partial charge is 0.494 e. The Morgan fingerprint density at radius 3 is 2.70 bits per heavy atom. The summed E-state index contributed by atoms with van der Waals surface area (Å²) in [5.41, 5.74) is -1.87. The predicted molar refractivity (Wildman–Crippen MR) is 94.8 cm³/mol. The van der Waals surface area contributed by atoms with Crippen molar-refractivity contribution in [1.29, 1.82) is 0 Å². The average Bonchev–Trinajstić information content (AvgIpc) is 3.07. The molecule has 0 saturated heterocycles. The van der Waals surface area contributed by atoms with Gasteiger partial charge in [0.2, 0.25) is 0 Å². The number of non-ortho nitro benzene ring substituents is 1. The molecule has 0 fully saturated rings. The number of pyridine rings is 1. The van der Waals surface area contributed by atoms with Crippen molar-refractivity contribution in [2.75, 3.05) is 7.11 Å². The first-order valence-electron chi connectivity index (χ1n) is 7.73. The summed E-state index contributed by atoms with van der Waals surface area (Å²) in [4.78, 5) is 14.6. The van der Waals surface area contributed by atoms with Gasteiger partial charge >= 0.3 is 0 Å². The topological polar surface area (TPSA) is 103 Å². The molecule has 10 heteroatoms. The van der Waals surface area contributed by atoms with Crippen LogP contribution in [-0.4, -0.2) is 39.8 Å². The Morgan fingerprint density at radius 2 is 2.11 bits per heavy atom. The van der Waals surface area contributed by atoms with Crippen LogP contribution in [0.3, 0.4) is 0 Å². The van der Waals surface area contributed by atoms with Crippen molar-refractivity contribution >= 4 is 13.5 Å². The van der Waals surface area contributed by atoms with E-state index in [9.17, 15) is 19.6 Å². The maximum absolute atomic E-state index is 13.9. The van der Waals surface area contributed by atoms with Gasteiger partial charge in [-0.1, -0.05) is 0 Å². The molecular formula is C17H14BFN4O4. The molecule has 1 atom stereocenters. The number of nitro groups is 1. The number of ether oxygens (including phenoxy) is 1. The molecule has 2 radical (unpaired) electrons. The Morgan fingerprint density at radius 1 is 1.37 bits per heavy atom. The van der Waals surface area contributed by atoms with Crippen LogP contribution in [0.4, 0.5) is 10.1 Å². The quantitative estimate of drug-likeness (QED) is 0.419. The molecule has 0 saturated carbocycles. The molecule has 0 spiro atoms.